The van der Waals surface area contributed by atoms with Crippen molar-refractivity contribution < 1.29 is 23.7 Å². The maximum absolute atomic E-state index is 5.56. The van der Waals surface area contributed by atoms with Gasteiger partial charge >= 0.3 is 0 Å². The molecule has 94 valence electrons. The van der Waals surface area contributed by atoms with Gasteiger partial charge in [-0.1, -0.05) is 0 Å². The molecular formula is C12H16O5. The summed E-state index contributed by atoms with van der Waals surface area (Å²) < 4.78 is 26.4. The molecule has 5 nitrogen and oxygen atoms in total. The van der Waals surface area contributed by atoms with E-state index in [1.165, 1.54) is 0 Å². The molecule has 0 N–H and O–H groups in total. The summed E-state index contributed by atoms with van der Waals surface area (Å²) in [5.74, 6) is 2.04. The molecule has 1 aromatic rings. The van der Waals surface area contributed by atoms with Crippen LogP contribution in [0.4, 0.5) is 0 Å². The van der Waals surface area contributed by atoms with Crippen LogP contribution in [0.15, 0.2) is 18.2 Å². The average Bonchev–Trinajstić information content (AvgIpc) is 2.89. The molecule has 0 bridgehead atoms. The smallest absolute Gasteiger partial charge is 0.191 e. The first-order chi connectivity index (χ1) is 8.31. The predicted octanol–water partition coefficient (Wildman–Crippen LogP) is 1.46. The summed E-state index contributed by atoms with van der Waals surface area (Å²) >= 11 is 0. The highest BCUT2D eigenvalue weighted by Gasteiger charge is 2.16. The summed E-state index contributed by atoms with van der Waals surface area (Å²) in [7, 11) is 3.20. The summed E-state index contributed by atoms with van der Waals surface area (Å²) in [6.45, 7) is 1.60. The molecule has 0 aliphatic carbocycles. The van der Waals surface area contributed by atoms with Gasteiger partial charge in [0.25, 0.3) is 0 Å². The Kier molecular flexibility index (Phi) is 4.06. The van der Waals surface area contributed by atoms with Gasteiger partial charge in [-0.05, 0) is 0 Å². The van der Waals surface area contributed by atoms with Crippen molar-refractivity contribution in [1.82, 2.24) is 0 Å². The Balaban J connectivity index is 1.98. The van der Waals surface area contributed by atoms with Crippen LogP contribution >= 0.6 is 0 Å². The Hall–Kier alpha value is -1.46. The summed E-state index contributed by atoms with van der Waals surface area (Å²) in [6, 6.07) is 5.37. The van der Waals surface area contributed by atoms with E-state index in [1.54, 1.807) is 32.4 Å². The van der Waals surface area contributed by atoms with Crippen molar-refractivity contribution in [3.8, 4) is 17.2 Å². The van der Waals surface area contributed by atoms with Crippen molar-refractivity contribution in [2.75, 3.05) is 34.0 Å². The summed E-state index contributed by atoms with van der Waals surface area (Å²) in [5, 5.41) is 0. The molecule has 0 aromatic heterocycles. The minimum atomic E-state index is -0.285. The zero-order valence-corrected chi connectivity index (χ0v) is 9.97. The highest BCUT2D eigenvalue weighted by molar-refractivity contribution is 5.41. The standard InChI is InChI=1S/C12H16O5/c1-13-9-5-10(14-2)7-11(6-9)17-8-12-15-3-4-16-12/h5-7,12H,3-4,8H2,1-2H3. The van der Waals surface area contributed by atoms with Gasteiger partial charge in [0.1, 0.15) is 23.9 Å². The highest BCUT2D eigenvalue weighted by atomic mass is 16.7. The van der Waals surface area contributed by atoms with E-state index in [4.69, 9.17) is 23.7 Å². The van der Waals surface area contributed by atoms with Gasteiger partial charge in [0.2, 0.25) is 0 Å². The first-order valence-electron chi connectivity index (χ1n) is 5.41. The molecule has 1 aliphatic rings. The van der Waals surface area contributed by atoms with Crippen LogP contribution in [0, 0.1) is 0 Å². The zero-order chi connectivity index (χ0) is 12.1. The topological polar surface area (TPSA) is 46.2 Å². The van der Waals surface area contributed by atoms with Crippen LogP contribution in [0.25, 0.3) is 0 Å². The van der Waals surface area contributed by atoms with E-state index in [-0.39, 0.29) is 6.29 Å². The summed E-state index contributed by atoms with van der Waals surface area (Å²) in [6.07, 6.45) is -0.285. The average molecular weight is 240 g/mol. The maximum atomic E-state index is 5.56. The highest BCUT2D eigenvalue weighted by Crippen LogP contribution is 2.27. The Labute approximate surface area is 100 Å². The second-order valence-corrected chi connectivity index (χ2v) is 3.53. The molecule has 1 saturated heterocycles. The zero-order valence-electron chi connectivity index (χ0n) is 9.97. The molecule has 1 aliphatic heterocycles. The molecule has 0 saturated carbocycles. The van der Waals surface area contributed by atoms with E-state index < -0.39 is 0 Å². The van der Waals surface area contributed by atoms with E-state index in [0.29, 0.717) is 37.1 Å². The normalized spacial score (nSPS) is 15.9. The number of ether oxygens (including phenoxy) is 5. The third-order valence-electron chi connectivity index (χ3n) is 2.40. The molecular weight excluding hydrogens is 224 g/mol. The molecule has 2 rings (SSSR count). The molecule has 0 spiro atoms. The van der Waals surface area contributed by atoms with Gasteiger partial charge in [0.15, 0.2) is 6.29 Å². The van der Waals surface area contributed by atoms with Crippen LogP contribution in [0.1, 0.15) is 0 Å². The maximum Gasteiger partial charge on any atom is 0.191 e. The van der Waals surface area contributed by atoms with Crippen LogP contribution in [-0.2, 0) is 9.47 Å². The second kappa shape index (κ2) is 5.75. The monoisotopic (exact) mass is 240 g/mol. The largest absolute Gasteiger partial charge is 0.496 e. The molecule has 1 fully saturated rings. The lowest BCUT2D eigenvalue weighted by Crippen LogP contribution is -2.18. The number of hydrogen-bond acceptors (Lipinski definition) is 5. The van der Waals surface area contributed by atoms with Crippen molar-refractivity contribution in [2.24, 2.45) is 0 Å². The Morgan fingerprint density at radius 1 is 1.00 bits per heavy atom. The Bertz CT molecular complexity index is 338. The van der Waals surface area contributed by atoms with Crippen LogP contribution < -0.4 is 14.2 Å². The van der Waals surface area contributed by atoms with E-state index in [2.05, 4.69) is 0 Å². The number of methoxy groups -OCH3 is 2. The lowest BCUT2D eigenvalue weighted by molar-refractivity contribution is -0.0684. The summed E-state index contributed by atoms with van der Waals surface area (Å²) in [5.41, 5.74) is 0. The van der Waals surface area contributed by atoms with Gasteiger partial charge in [-0.2, -0.15) is 0 Å². The first-order valence-corrected chi connectivity index (χ1v) is 5.41. The van der Waals surface area contributed by atoms with E-state index in [1.807, 2.05) is 0 Å². The van der Waals surface area contributed by atoms with Gasteiger partial charge in [-0.3, -0.25) is 0 Å². The van der Waals surface area contributed by atoms with E-state index in [9.17, 15) is 0 Å². The van der Waals surface area contributed by atoms with Gasteiger partial charge in [0, 0.05) is 18.2 Å². The lowest BCUT2D eigenvalue weighted by Gasteiger charge is -2.13. The third-order valence-corrected chi connectivity index (χ3v) is 2.40. The van der Waals surface area contributed by atoms with E-state index >= 15 is 0 Å². The molecule has 1 heterocycles. The van der Waals surface area contributed by atoms with Gasteiger partial charge < -0.3 is 23.7 Å². The van der Waals surface area contributed by atoms with Gasteiger partial charge in [-0.25, -0.2) is 0 Å². The Morgan fingerprint density at radius 2 is 1.53 bits per heavy atom. The van der Waals surface area contributed by atoms with E-state index in [0.717, 1.165) is 0 Å². The SMILES string of the molecule is COc1cc(OC)cc(OCC2OCCO2)c1. The molecule has 1 aromatic carbocycles. The minimum absolute atomic E-state index is 0.285. The number of hydrogen-bond donors (Lipinski definition) is 0. The van der Waals surface area contributed by atoms with Gasteiger partial charge in [0.05, 0.1) is 27.4 Å². The van der Waals surface area contributed by atoms with Crippen LogP contribution in [0.3, 0.4) is 0 Å². The van der Waals surface area contributed by atoms with Crippen molar-refractivity contribution in [2.45, 2.75) is 6.29 Å². The fourth-order valence-electron chi connectivity index (χ4n) is 1.53. The van der Waals surface area contributed by atoms with Crippen molar-refractivity contribution in [1.29, 1.82) is 0 Å². The predicted molar refractivity (Wildman–Crippen MR) is 60.7 cm³/mol. The van der Waals surface area contributed by atoms with Gasteiger partial charge in [-0.15, -0.1) is 0 Å². The molecule has 5 heteroatoms. The molecule has 0 unspecified atom stereocenters. The van der Waals surface area contributed by atoms with Crippen LogP contribution in [0.5, 0.6) is 17.2 Å². The number of benzene rings is 1. The van der Waals surface area contributed by atoms with Crippen molar-refractivity contribution in [3.63, 3.8) is 0 Å². The van der Waals surface area contributed by atoms with Crippen LogP contribution in [-0.4, -0.2) is 40.3 Å². The first kappa shape index (κ1) is 12.0. The summed E-state index contributed by atoms with van der Waals surface area (Å²) in [4.78, 5) is 0. The van der Waals surface area contributed by atoms with Crippen LogP contribution in [0.2, 0.25) is 0 Å². The molecule has 0 radical (unpaired) electrons. The van der Waals surface area contributed by atoms with Crippen molar-refractivity contribution in [3.05, 3.63) is 18.2 Å². The van der Waals surface area contributed by atoms with Crippen molar-refractivity contribution >= 4 is 0 Å². The second-order valence-electron chi connectivity index (χ2n) is 3.53. The molecule has 0 atom stereocenters. The Morgan fingerprint density at radius 3 is 2.06 bits per heavy atom. The third kappa shape index (κ3) is 3.25. The minimum Gasteiger partial charge on any atom is -0.496 e. The molecule has 0 amide bonds. The fourth-order valence-corrected chi connectivity index (χ4v) is 1.53. The number of rotatable bonds is 5. The fraction of sp³-hybridized carbons (Fsp3) is 0.500. The lowest BCUT2D eigenvalue weighted by atomic mass is 10.3. The molecule has 17 heavy (non-hydrogen) atoms. The quantitative estimate of drug-likeness (QED) is 0.779.